The van der Waals surface area contributed by atoms with Crippen LogP contribution in [-0.2, 0) is 16.1 Å². The minimum Gasteiger partial charge on any atom is -0.497 e. The van der Waals surface area contributed by atoms with Crippen LogP contribution in [0.2, 0.25) is 0 Å². The summed E-state index contributed by atoms with van der Waals surface area (Å²) in [4.78, 5) is 17.1. The third-order valence-electron chi connectivity index (χ3n) is 6.59. The maximum Gasteiger partial charge on any atom is 0.234 e. The molecule has 9 heteroatoms. The molecule has 3 heterocycles. The topological polar surface area (TPSA) is 113 Å². The number of amides is 1. The number of rotatable bonds is 7. The van der Waals surface area contributed by atoms with E-state index in [1.54, 1.807) is 31.1 Å². The van der Waals surface area contributed by atoms with Gasteiger partial charge in [0.2, 0.25) is 5.91 Å². The number of nitrogens with one attached hydrogen (secondary N) is 2. The smallest absolute Gasteiger partial charge is 0.234 e. The van der Waals surface area contributed by atoms with Gasteiger partial charge in [-0.05, 0) is 60.4 Å². The molecule has 2 aliphatic heterocycles. The minimum atomic E-state index is -1.11. The largest absolute Gasteiger partial charge is 0.497 e. The average Bonchev–Trinajstić information content (AvgIpc) is 2.90. The Kier molecular flexibility index (Phi) is 7.22. The molecular formula is C26H29N3O5S. The Balaban J connectivity index is 1.17. The third kappa shape index (κ3) is 5.29. The van der Waals surface area contributed by atoms with Gasteiger partial charge in [-0.2, -0.15) is 0 Å². The van der Waals surface area contributed by atoms with E-state index in [-0.39, 0.29) is 11.9 Å². The zero-order valence-electron chi connectivity index (χ0n) is 19.4. The molecule has 2 aromatic carbocycles. The maximum absolute atomic E-state index is 11.6. The number of anilines is 1. The lowest BCUT2D eigenvalue weighted by atomic mass is 9.93. The van der Waals surface area contributed by atoms with Crippen LogP contribution in [0.3, 0.4) is 0 Å². The lowest BCUT2D eigenvalue weighted by molar-refractivity contribution is -0.114. The number of thioether (sulfide) groups is 1. The van der Waals surface area contributed by atoms with Crippen molar-refractivity contribution in [2.75, 3.05) is 24.8 Å². The van der Waals surface area contributed by atoms with E-state index in [4.69, 9.17) is 9.47 Å². The molecule has 0 bridgehead atoms. The van der Waals surface area contributed by atoms with E-state index in [9.17, 15) is 15.0 Å². The number of carbonyl (C=O) groups is 1. The molecule has 1 aromatic heterocycles. The van der Waals surface area contributed by atoms with Crippen LogP contribution in [-0.4, -0.2) is 58.8 Å². The molecule has 5 rings (SSSR count). The van der Waals surface area contributed by atoms with Gasteiger partial charge in [0.05, 0.1) is 36.8 Å². The van der Waals surface area contributed by atoms with Crippen LogP contribution in [0.5, 0.6) is 5.75 Å². The fourth-order valence-corrected chi connectivity index (χ4v) is 5.41. The standard InChI is InChI=1S/C26H29N3O5S/c1-33-17-4-5-20-19(11-17)18(8-9-27-20)25(31)26(32)22-6-3-16(13-34-22)28-12-15-2-7-23-21(10-15)29-24(30)14-35-23/h2,4-5,7-11,16,22,25-26,28,31-32H,3,6,12-14H2,1H3,(H,29,30)/t16-,22+,25?,26?/m1/s1. The summed E-state index contributed by atoms with van der Waals surface area (Å²) < 4.78 is 11.3. The van der Waals surface area contributed by atoms with Gasteiger partial charge in [-0.15, -0.1) is 11.8 Å². The summed E-state index contributed by atoms with van der Waals surface area (Å²) in [6, 6.07) is 13.5. The summed E-state index contributed by atoms with van der Waals surface area (Å²) in [6.07, 6.45) is 0.441. The predicted octanol–water partition coefficient (Wildman–Crippen LogP) is 3.02. The fraction of sp³-hybridized carbons (Fsp3) is 0.385. The van der Waals surface area contributed by atoms with Gasteiger partial charge >= 0.3 is 0 Å². The Labute approximate surface area is 208 Å². The number of hydrogen-bond acceptors (Lipinski definition) is 8. The van der Waals surface area contributed by atoms with Crippen LogP contribution in [0.1, 0.15) is 30.1 Å². The lowest BCUT2D eigenvalue weighted by Gasteiger charge is -2.34. The molecular weight excluding hydrogens is 466 g/mol. The van der Waals surface area contributed by atoms with Crippen molar-refractivity contribution < 1.29 is 24.5 Å². The maximum atomic E-state index is 11.6. The quantitative estimate of drug-likeness (QED) is 0.396. The van der Waals surface area contributed by atoms with E-state index < -0.39 is 18.3 Å². The van der Waals surface area contributed by atoms with Crippen molar-refractivity contribution in [1.82, 2.24) is 10.3 Å². The summed E-state index contributed by atoms with van der Waals surface area (Å²) in [5.74, 6) is 1.15. The van der Waals surface area contributed by atoms with Crippen molar-refractivity contribution in [3.8, 4) is 5.75 Å². The summed E-state index contributed by atoms with van der Waals surface area (Å²) in [7, 11) is 1.59. The van der Waals surface area contributed by atoms with Gasteiger partial charge in [0.1, 0.15) is 18.0 Å². The molecule has 4 N–H and O–H groups in total. The monoisotopic (exact) mass is 495 g/mol. The first-order valence-corrected chi connectivity index (χ1v) is 12.7. The minimum absolute atomic E-state index is 0.0268. The number of ether oxygens (including phenoxy) is 2. The summed E-state index contributed by atoms with van der Waals surface area (Å²) in [5.41, 5.74) is 3.28. The Morgan fingerprint density at radius 3 is 2.91 bits per heavy atom. The number of aliphatic hydroxyl groups excluding tert-OH is 2. The Morgan fingerprint density at radius 2 is 2.11 bits per heavy atom. The molecule has 2 unspecified atom stereocenters. The number of fused-ring (bicyclic) bond motifs is 2. The highest BCUT2D eigenvalue weighted by atomic mass is 32.2. The zero-order chi connectivity index (χ0) is 24.4. The van der Waals surface area contributed by atoms with Crippen molar-refractivity contribution in [2.24, 2.45) is 0 Å². The predicted molar refractivity (Wildman–Crippen MR) is 135 cm³/mol. The van der Waals surface area contributed by atoms with Crippen molar-refractivity contribution in [2.45, 2.75) is 48.6 Å². The Bertz CT molecular complexity index is 1210. The van der Waals surface area contributed by atoms with E-state index in [2.05, 4.69) is 21.7 Å². The molecule has 1 saturated heterocycles. The SMILES string of the molecule is COc1ccc2nccc(C(O)C(O)[C@@H]3CC[C@@H](NCc4ccc5c(c4)NC(=O)CS5)CO3)c2c1. The van der Waals surface area contributed by atoms with Gasteiger partial charge in [0, 0.05) is 29.1 Å². The number of methoxy groups -OCH3 is 1. The van der Waals surface area contributed by atoms with Crippen LogP contribution in [0.25, 0.3) is 10.9 Å². The molecule has 0 saturated carbocycles. The normalized spacial score (nSPS) is 21.7. The van der Waals surface area contributed by atoms with E-state index in [1.807, 2.05) is 30.3 Å². The first-order valence-electron chi connectivity index (χ1n) is 11.7. The Hall–Kier alpha value is -2.69. The lowest BCUT2D eigenvalue weighted by Crippen LogP contribution is -2.45. The fourth-order valence-electron chi connectivity index (χ4n) is 4.62. The average molecular weight is 496 g/mol. The Morgan fingerprint density at radius 1 is 1.23 bits per heavy atom. The number of aliphatic hydroxyl groups is 2. The number of hydrogen-bond donors (Lipinski definition) is 4. The third-order valence-corrected chi connectivity index (χ3v) is 7.66. The summed E-state index contributed by atoms with van der Waals surface area (Å²) >= 11 is 1.55. The second-order valence-electron chi connectivity index (χ2n) is 8.91. The molecule has 8 nitrogen and oxygen atoms in total. The summed E-state index contributed by atoms with van der Waals surface area (Å²) in [5, 5.41) is 29.1. The summed E-state index contributed by atoms with van der Waals surface area (Å²) in [6.45, 7) is 1.10. The second-order valence-corrected chi connectivity index (χ2v) is 9.93. The molecule has 1 fully saturated rings. The molecule has 35 heavy (non-hydrogen) atoms. The van der Waals surface area contributed by atoms with Crippen molar-refractivity contribution in [3.63, 3.8) is 0 Å². The van der Waals surface area contributed by atoms with E-state index >= 15 is 0 Å². The molecule has 0 spiro atoms. The highest BCUT2D eigenvalue weighted by Gasteiger charge is 2.33. The molecule has 184 valence electrons. The molecule has 4 atom stereocenters. The number of nitrogens with zero attached hydrogens (tertiary/aromatic N) is 1. The first-order chi connectivity index (χ1) is 17.0. The van der Waals surface area contributed by atoms with Crippen LogP contribution in [0, 0.1) is 0 Å². The number of aromatic nitrogens is 1. The molecule has 1 amide bonds. The molecule has 0 aliphatic carbocycles. The van der Waals surface area contributed by atoms with Crippen LogP contribution >= 0.6 is 11.8 Å². The van der Waals surface area contributed by atoms with Crippen molar-refractivity contribution in [3.05, 3.63) is 59.8 Å². The van der Waals surface area contributed by atoms with Crippen LogP contribution < -0.4 is 15.4 Å². The van der Waals surface area contributed by atoms with E-state index in [0.717, 1.165) is 33.5 Å². The van der Waals surface area contributed by atoms with Gasteiger partial charge in [-0.25, -0.2) is 0 Å². The first kappa shape index (κ1) is 24.0. The highest BCUT2D eigenvalue weighted by Crippen LogP contribution is 2.33. The van der Waals surface area contributed by atoms with Gasteiger partial charge in [0.25, 0.3) is 0 Å². The van der Waals surface area contributed by atoms with E-state index in [1.165, 1.54) is 0 Å². The second kappa shape index (κ2) is 10.5. The molecule has 2 aliphatic rings. The van der Waals surface area contributed by atoms with Gasteiger partial charge in [-0.3, -0.25) is 9.78 Å². The molecule has 0 radical (unpaired) electrons. The van der Waals surface area contributed by atoms with Gasteiger partial charge in [0.15, 0.2) is 0 Å². The number of pyridine rings is 1. The van der Waals surface area contributed by atoms with Crippen molar-refractivity contribution >= 4 is 34.3 Å². The molecule has 3 aromatic rings. The van der Waals surface area contributed by atoms with E-state index in [0.29, 0.717) is 36.6 Å². The van der Waals surface area contributed by atoms with Crippen LogP contribution in [0.15, 0.2) is 53.6 Å². The number of carbonyl (C=O) groups excluding carboxylic acids is 1. The van der Waals surface area contributed by atoms with Gasteiger partial charge in [-0.1, -0.05) is 6.07 Å². The highest BCUT2D eigenvalue weighted by molar-refractivity contribution is 8.00. The van der Waals surface area contributed by atoms with Crippen LogP contribution in [0.4, 0.5) is 5.69 Å². The van der Waals surface area contributed by atoms with Crippen molar-refractivity contribution in [1.29, 1.82) is 0 Å². The zero-order valence-corrected chi connectivity index (χ0v) is 20.3. The number of benzene rings is 2. The van der Waals surface area contributed by atoms with Gasteiger partial charge < -0.3 is 30.3 Å².